The zero-order valence-electron chi connectivity index (χ0n) is 6.38. The lowest BCUT2D eigenvalue weighted by Gasteiger charge is -1.94. The largest absolute Gasteiger partial charge is 0.387 e. The van der Waals surface area contributed by atoms with E-state index in [-0.39, 0.29) is 0 Å². The molecule has 0 aromatic rings. The van der Waals surface area contributed by atoms with Crippen molar-refractivity contribution >= 4 is 5.84 Å². The molecule has 2 rings (SSSR count). The third-order valence-electron chi connectivity index (χ3n) is 2.37. The fraction of sp³-hybridized carbons (Fsp3) is 0.875. The Hall–Kier alpha value is -0.530. The number of nitrogens with two attached hydrogens (primary N) is 1. The summed E-state index contributed by atoms with van der Waals surface area (Å²) in [6.07, 6.45) is 3.80. The van der Waals surface area contributed by atoms with Gasteiger partial charge in [0.05, 0.1) is 11.9 Å². The van der Waals surface area contributed by atoms with E-state index in [4.69, 9.17) is 5.73 Å². The highest BCUT2D eigenvalue weighted by molar-refractivity contribution is 5.85. The van der Waals surface area contributed by atoms with Crippen LogP contribution in [0.15, 0.2) is 4.99 Å². The number of amidine groups is 1. The summed E-state index contributed by atoms with van der Waals surface area (Å²) in [5, 5.41) is 0. The van der Waals surface area contributed by atoms with Crippen molar-refractivity contribution < 1.29 is 0 Å². The van der Waals surface area contributed by atoms with Gasteiger partial charge in [-0.25, -0.2) is 0 Å². The summed E-state index contributed by atoms with van der Waals surface area (Å²) >= 11 is 0. The third kappa shape index (κ3) is 1.15. The normalized spacial score (nSPS) is 39.9. The van der Waals surface area contributed by atoms with Gasteiger partial charge in [0.1, 0.15) is 0 Å². The van der Waals surface area contributed by atoms with Crippen LogP contribution in [0.3, 0.4) is 0 Å². The second-order valence-corrected chi connectivity index (χ2v) is 3.60. The monoisotopic (exact) mass is 138 g/mol. The van der Waals surface area contributed by atoms with Gasteiger partial charge in [0.25, 0.3) is 0 Å². The van der Waals surface area contributed by atoms with Crippen molar-refractivity contribution in [2.75, 3.05) is 0 Å². The lowest BCUT2D eigenvalue weighted by Crippen LogP contribution is -2.15. The molecule has 10 heavy (non-hydrogen) atoms. The molecule has 0 heterocycles. The first-order chi connectivity index (χ1) is 4.77. The summed E-state index contributed by atoms with van der Waals surface area (Å²) in [5.74, 6) is 2.37. The molecule has 0 spiro atoms. The predicted molar refractivity (Wildman–Crippen MR) is 41.9 cm³/mol. The second kappa shape index (κ2) is 1.97. The van der Waals surface area contributed by atoms with Crippen LogP contribution in [-0.4, -0.2) is 11.9 Å². The first-order valence-electron chi connectivity index (χ1n) is 4.10. The Morgan fingerprint density at radius 2 is 2.10 bits per heavy atom. The van der Waals surface area contributed by atoms with Crippen molar-refractivity contribution in [3.8, 4) is 0 Å². The van der Waals surface area contributed by atoms with E-state index in [0.29, 0.717) is 12.0 Å². The van der Waals surface area contributed by atoms with E-state index in [1.807, 2.05) is 0 Å². The van der Waals surface area contributed by atoms with Crippen molar-refractivity contribution in [2.45, 2.75) is 32.2 Å². The van der Waals surface area contributed by atoms with Crippen molar-refractivity contribution in [3.63, 3.8) is 0 Å². The minimum atomic E-state index is 0.604. The molecule has 2 heteroatoms. The molecule has 0 aromatic heterocycles. The van der Waals surface area contributed by atoms with Crippen molar-refractivity contribution in [2.24, 2.45) is 22.6 Å². The molecule has 2 aliphatic carbocycles. The Morgan fingerprint density at radius 3 is 2.50 bits per heavy atom. The van der Waals surface area contributed by atoms with E-state index in [1.54, 1.807) is 0 Å². The van der Waals surface area contributed by atoms with Gasteiger partial charge in [-0.1, -0.05) is 6.92 Å². The Kier molecular flexibility index (Phi) is 1.22. The van der Waals surface area contributed by atoms with Crippen LogP contribution < -0.4 is 5.73 Å². The SMILES string of the molecule is CC1CC1C(N)=NC1CC1. The molecule has 2 nitrogen and oxygen atoms in total. The van der Waals surface area contributed by atoms with Crippen LogP contribution in [0.4, 0.5) is 0 Å². The molecule has 0 saturated heterocycles. The lowest BCUT2D eigenvalue weighted by atomic mass is 10.3. The van der Waals surface area contributed by atoms with E-state index in [1.165, 1.54) is 19.3 Å². The molecule has 0 aromatic carbocycles. The predicted octanol–water partition coefficient (Wildman–Crippen LogP) is 1.16. The zero-order valence-corrected chi connectivity index (χ0v) is 6.38. The first kappa shape index (κ1) is 6.20. The third-order valence-corrected chi connectivity index (χ3v) is 2.37. The zero-order chi connectivity index (χ0) is 7.14. The molecule has 0 radical (unpaired) electrons. The highest BCUT2D eigenvalue weighted by atomic mass is 14.9. The van der Waals surface area contributed by atoms with Crippen LogP contribution in [-0.2, 0) is 0 Å². The van der Waals surface area contributed by atoms with E-state index in [0.717, 1.165) is 11.8 Å². The fourth-order valence-electron chi connectivity index (χ4n) is 1.24. The number of rotatable bonds is 2. The van der Waals surface area contributed by atoms with E-state index >= 15 is 0 Å². The van der Waals surface area contributed by atoms with Crippen LogP contribution in [0.5, 0.6) is 0 Å². The summed E-state index contributed by atoms with van der Waals surface area (Å²) < 4.78 is 0. The standard InChI is InChI=1S/C8H14N2/c1-5-4-7(5)8(9)10-6-2-3-6/h5-7H,2-4H2,1H3,(H2,9,10). The molecular formula is C8H14N2. The molecule has 2 saturated carbocycles. The Morgan fingerprint density at radius 1 is 1.50 bits per heavy atom. The molecule has 56 valence electrons. The van der Waals surface area contributed by atoms with E-state index < -0.39 is 0 Å². The van der Waals surface area contributed by atoms with Gasteiger partial charge in [0.15, 0.2) is 0 Å². The molecule has 2 N–H and O–H groups in total. The quantitative estimate of drug-likeness (QED) is 0.451. The van der Waals surface area contributed by atoms with Gasteiger partial charge >= 0.3 is 0 Å². The van der Waals surface area contributed by atoms with Crippen LogP contribution >= 0.6 is 0 Å². The van der Waals surface area contributed by atoms with E-state index in [2.05, 4.69) is 11.9 Å². The minimum absolute atomic E-state index is 0.604. The second-order valence-electron chi connectivity index (χ2n) is 3.60. The van der Waals surface area contributed by atoms with Crippen LogP contribution in [0.1, 0.15) is 26.2 Å². The van der Waals surface area contributed by atoms with Gasteiger partial charge < -0.3 is 5.73 Å². The van der Waals surface area contributed by atoms with Gasteiger partial charge in [0.2, 0.25) is 0 Å². The molecule has 2 unspecified atom stereocenters. The molecule has 2 fully saturated rings. The number of hydrogen-bond acceptors (Lipinski definition) is 1. The van der Waals surface area contributed by atoms with Gasteiger partial charge in [0, 0.05) is 5.92 Å². The number of aliphatic imine (C=N–C) groups is 1. The van der Waals surface area contributed by atoms with Crippen molar-refractivity contribution in [1.29, 1.82) is 0 Å². The molecular weight excluding hydrogens is 124 g/mol. The summed E-state index contributed by atoms with van der Waals surface area (Å²) in [6.45, 7) is 2.24. The van der Waals surface area contributed by atoms with Crippen LogP contribution in [0.2, 0.25) is 0 Å². The first-order valence-corrected chi connectivity index (χ1v) is 4.10. The maximum absolute atomic E-state index is 5.76. The summed E-state index contributed by atoms with van der Waals surface area (Å²) in [6, 6.07) is 0.604. The average molecular weight is 138 g/mol. The topological polar surface area (TPSA) is 38.4 Å². The molecule has 0 amide bonds. The number of nitrogens with zero attached hydrogens (tertiary/aromatic N) is 1. The molecule has 0 bridgehead atoms. The molecule has 0 aliphatic heterocycles. The fourth-order valence-corrected chi connectivity index (χ4v) is 1.24. The minimum Gasteiger partial charge on any atom is -0.387 e. The molecule has 2 atom stereocenters. The highest BCUT2D eigenvalue weighted by Gasteiger charge is 2.36. The van der Waals surface area contributed by atoms with E-state index in [9.17, 15) is 0 Å². The Balaban J connectivity index is 1.90. The maximum Gasteiger partial charge on any atom is 0.0974 e. The smallest absolute Gasteiger partial charge is 0.0974 e. The molecule has 2 aliphatic rings. The summed E-state index contributed by atoms with van der Waals surface area (Å²) in [7, 11) is 0. The van der Waals surface area contributed by atoms with Crippen molar-refractivity contribution in [1.82, 2.24) is 0 Å². The van der Waals surface area contributed by atoms with Gasteiger partial charge in [-0.2, -0.15) is 0 Å². The maximum atomic E-state index is 5.76. The van der Waals surface area contributed by atoms with Gasteiger partial charge in [-0.05, 0) is 25.2 Å². The Bertz CT molecular complexity index is 170. The van der Waals surface area contributed by atoms with Crippen LogP contribution in [0.25, 0.3) is 0 Å². The van der Waals surface area contributed by atoms with Gasteiger partial charge in [-0.3, -0.25) is 4.99 Å². The summed E-state index contributed by atoms with van der Waals surface area (Å²) in [5.41, 5.74) is 5.76. The Labute approximate surface area is 61.5 Å². The van der Waals surface area contributed by atoms with Gasteiger partial charge in [-0.15, -0.1) is 0 Å². The highest BCUT2D eigenvalue weighted by Crippen LogP contribution is 2.38. The number of hydrogen-bond donors (Lipinski definition) is 1. The average Bonchev–Trinajstić information content (AvgIpc) is 2.66. The van der Waals surface area contributed by atoms with Crippen molar-refractivity contribution in [3.05, 3.63) is 0 Å². The summed E-state index contributed by atoms with van der Waals surface area (Å²) in [4.78, 5) is 4.40. The van der Waals surface area contributed by atoms with Crippen LogP contribution in [0, 0.1) is 11.8 Å². The lowest BCUT2D eigenvalue weighted by molar-refractivity contribution is 0.905.